The Hall–Kier alpha value is -0.000000000000000111. The summed E-state index contributed by atoms with van der Waals surface area (Å²) >= 11 is 13.4. The molecule has 0 saturated carbocycles. The standard InChI is InChI=1S/C14H18Cl2INO/c15-8-10-18(11-9-16)13-6-4-12(5-7-13)2-1-3-14(17)19/h4-7H,1-3,8-11H2. The van der Waals surface area contributed by atoms with Crippen molar-refractivity contribution in [3.8, 4) is 0 Å². The predicted molar refractivity (Wildman–Crippen MR) is 92.1 cm³/mol. The lowest BCUT2D eigenvalue weighted by atomic mass is 10.1. The van der Waals surface area contributed by atoms with Gasteiger partial charge in [-0.15, -0.1) is 23.2 Å². The maximum Gasteiger partial charge on any atom is 0.192 e. The Morgan fingerprint density at radius 2 is 1.68 bits per heavy atom. The van der Waals surface area contributed by atoms with Crippen LogP contribution in [0.3, 0.4) is 0 Å². The number of anilines is 1. The van der Waals surface area contributed by atoms with Crippen LogP contribution in [0.15, 0.2) is 24.3 Å². The number of carbonyl (C=O) groups excluding carboxylic acids is 1. The highest BCUT2D eigenvalue weighted by atomic mass is 127. The minimum absolute atomic E-state index is 0.227. The average Bonchev–Trinajstić information content (AvgIpc) is 2.39. The Kier molecular flexibility index (Phi) is 8.83. The number of nitrogens with zero attached hydrogens (tertiary/aromatic N) is 1. The molecule has 0 aliphatic carbocycles. The fraction of sp³-hybridized carbons (Fsp3) is 0.500. The largest absolute Gasteiger partial charge is 0.369 e. The third-order valence-electron chi connectivity index (χ3n) is 2.85. The number of rotatable bonds is 9. The molecule has 1 rings (SSSR count). The molecule has 0 amide bonds. The first-order chi connectivity index (χ1) is 9.17. The number of carbonyl (C=O) groups is 1. The Morgan fingerprint density at radius 1 is 1.11 bits per heavy atom. The molecule has 19 heavy (non-hydrogen) atoms. The molecular formula is C14H18Cl2INO. The highest BCUT2D eigenvalue weighted by Crippen LogP contribution is 2.17. The summed E-state index contributed by atoms with van der Waals surface area (Å²) in [6, 6.07) is 8.42. The fourth-order valence-electron chi connectivity index (χ4n) is 1.88. The normalized spacial score (nSPS) is 10.5. The second-order valence-corrected chi connectivity index (χ2v) is 6.20. The highest BCUT2D eigenvalue weighted by Gasteiger charge is 2.05. The molecule has 0 aromatic heterocycles. The van der Waals surface area contributed by atoms with Gasteiger partial charge in [0.1, 0.15) is 0 Å². The molecule has 1 aromatic rings. The molecular weight excluding hydrogens is 396 g/mol. The van der Waals surface area contributed by atoms with E-state index in [1.165, 1.54) is 5.56 Å². The van der Waals surface area contributed by atoms with E-state index in [1.807, 2.05) is 22.6 Å². The zero-order valence-corrected chi connectivity index (χ0v) is 14.4. The SMILES string of the molecule is O=C(I)CCCc1ccc(N(CCCl)CCCl)cc1. The van der Waals surface area contributed by atoms with Crippen LogP contribution in [0.2, 0.25) is 0 Å². The van der Waals surface area contributed by atoms with Crippen molar-refractivity contribution in [2.45, 2.75) is 19.3 Å². The molecule has 0 bridgehead atoms. The second-order valence-electron chi connectivity index (χ2n) is 4.24. The average molecular weight is 414 g/mol. The van der Waals surface area contributed by atoms with Crippen molar-refractivity contribution in [1.29, 1.82) is 0 Å². The molecule has 0 aliphatic heterocycles. The van der Waals surface area contributed by atoms with Crippen molar-refractivity contribution in [3.05, 3.63) is 29.8 Å². The summed E-state index contributed by atoms with van der Waals surface area (Å²) in [5, 5.41) is 0. The van der Waals surface area contributed by atoms with Crippen molar-refractivity contribution in [1.82, 2.24) is 0 Å². The van der Waals surface area contributed by atoms with Crippen LogP contribution in [0.4, 0.5) is 5.69 Å². The smallest absolute Gasteiger partial charge is 0.192 e. The molecule has 106 valence electrons. The summed E-state index contributed by atoms with van der Waals surface area (Å²) in [7, 11) is 0. The first-order valence-electron chi connectivity index (χ1n) is 6.31. The maximum atomic E-state index is 10.9. The first kappa shape index (κ1) is 17.1. The first-order valence-corrected chi connectivity index (χ1v) is 8.46. The van der Waals surface area contributed by atoms with Gasteiger partial charge in [0, 0.05) is 37.0 Å². The number of aryl methyl sites for hydroxylation is 1. The molecule has 0 aliphatic rings. The molecule has 0 fully saturated rings. The zero-order chi connectivity index (χ0) is 14.1. The van der Waals surface area contributed by atoms with E-state index in [2.05, 4.69) is 29.2 Å². The van der Waals surface area contributed by atoms with Crippen LogP contribution < -0.4 is 4.90 Å². The van der Waals surface area contributed by atoms with Crippen molar-refractivity contribution in [2.24, 2.45) is 0 Å². The Morgan fingerprint density at radius 3 is 2.16 bits per heavy atom. The molecule has 0 atom stereocenters. The van der Waals surface area contributed by atoms with Crippen molar-refractivity contribution < 1.29 is 4.79 Å². The number of benzene rings is 1. The molecule has 2 nitrogen and oxygen atoms in total. The molecule has 0 radical (unpaired) electrons. The Balaban J connectivity index is 2.55. The van der Waals surface area contributed by atoms with Crippen LogP contribution >= 0.6 is 45.8 Å². The molecule has 5 heteroatoms. The quantitative estimate of drug-likeness (QED) is 0.342. The van der Waals surface area contributed by atoms with Crippen molar-refractivity contribution in [2.75, 3.05) is 29.7 Å². The third kappa shape index (κ3) is 6.82. The van der Waals surface area contributed by atoms with Crippen LogP contribution in [0.1, 0.15) is 18.4 Å². The lowest BCUT2D eigenvalue weighted by Gasteiger charge is -2.23. The van der Waals surface area contributed by atoms with Crippen molar-refractivity contribution >= 4 is 55.3 Å². The van der Waals surface area contributed by atoms with Crippen LogP contribution in [0, 0.1) is 0 Å². The number of hydrogen-bond acceptors (Lipinski definition) is 2. The van der Waals surface area contributed by atoms with E-state index in [4.69, 9.17) is 23.2 Å². The summed E-state index contributed by atoms with van der Waals surface area (Å²) in [6.07, 6.45) is 2.50. The van der Waals surface area contributed by atoms with E-state index in [-0.39, 0.29) is 3.79 Å². The molecule has 0 unspecified atom stereocenters. The van der Waals surface area contributed by atoms with E-state index >= 15 is 0 Å². The Bertz CT molecular complexity index is 378. The molecule has 0 N–H and O–H groups in total. The van der Waals surface area contributed by atoms with Crippen LogP contribution in [-0.4, -0.2) is 28.6 Å². The molecule has 1 aromatic carbocycles. The zero-order valence-electron chi connectivity index (χ0n) is 10.7. The van der Waals surface area contributed by atoms with Gasteiger partial charge in [-0.1, -0.05) is 12.1 Å². The third-order valence-corrected chi connectivity index (χ3v) is 3.73. The van der Waals surface area contributed by atoms with Gasteiger partial charge in [-0.2, -0.15) is 0 Å². The summed E-state index contributed by atoms with van der Waals surface area (Å²) in [5.74, 6) is 1.19. The van der Waals surface area contributed by atoms with Gasteiger partial charge in [-0.3, -0.25) is 4.79 Å². The predicted octanol–water partition coefficient (Wildman–Crippen LogP) is 4.25. The van der Waals surface area contributed by atoms with Crippen LogP contribution in [0.25, 0.3) is 0 Å². The van der Waals surface area contributed by atoms with Gasteiger partial charge in [0.25, 0.3) is 0 Å². The van der Waals surface area contributed by atoms with Gasteiger partial charge in [0.15, 0.2) is 3.79 Å². The van der Waals surface area contributed by atoms with Gasteiger partial charge in [0.05, 0.1) is 0 Å². The maximum absolute atomic E-state index is 10.9. The lowest BCUT2D eigenvalue weighted by molar-refractivity contribution is -0.109. The summed E-state index contributed by atoms with van der Waals surface area (Å²) in [4.78, 5) is 13.1. The van der Waals surface area contributed by atoms with Crippen LogP contribution in [-0.2, 0) is 11.2 Å². The van der Waals surface area contributed by atoms with Gasteiger partial charge in [0.2, 0.25) is 0 Å². The minimum Gasteiger partial charge on any atom is -0.369 e. The molecule has 0 saturated heterocycles. The van der Waals surface area contributed by atoms with Gasteiger partial charge in [-0.05, 0) is 53.1 Å². The summed E-state index contributed by atoms with van der Waals surface area (Å²) < 4.78 is 0.227. The number of halogens is 3. The van der Waals surface area contributed by atoms with Gasteiger partial charge < -0.3 is 4.90 Å². The topological polar surface area (TPSA) is 20.3 Å². The van der Waals surface area contributed by atoms with Crippen LogP contribution in [0.5, 0.6) is 0 Å². The lowest BCUT2D eigenvalue weighted by Crippen LogP contribution is -2.27. The van der Waals surface area contributed by atoms with E-state index in [0.29, 0.717) is 18.2 Å². The second kappa shape index (κ2) is 9.83. The molecule has 0 spiro atoms. The van der Waals surface area contributed by atoms with E-state index in [9.17, 15) is 4.79 Å². The van der Waals surface area contributed by atoms with E-state index in [0.717, 1.165) is 31.6 Å². The fourth-order valence-corrected chi connectivity index (χ4v) is 2.67. The highest BCUT2D eigenvalue weighted by molar-refractivity contribution is 14.1. The van der Waals surface area contributed by atoms with E-state index < -0.39 is 0 Å². The molecule has 0 heterocycles. The Labute approximate surface area is 138 Å². The summed E-state index contributed by atoms with van der Waals surface area (Å²) in [6.45, 7) is 1.61. The number of hydrogen-bond donors (Lipinski definition) is 0. The van der Waals surface area contributed by atoms with Gasteiger partial charge in [-0.25, -0.2) is 0 Å². The minimum atomic E-state index is 0.227. The van der Waals surface area contributed by atoms with Gasteiger partial charge >= 0.3 is 0 Å². The monoisotopic (exact) mass is 413 g/mol. The summed E-state index contributed by atoms with van der Waals surface area (Å²) in [5.41, 5.74) is 2.41. The van der Waals surface area contributed by atoms with Crippen molar-refractivity contribution in [3.63, 3.8) is 0 Å². The van der Waals surface area contributed by atoms with E-state index in [1.54, 1.807) is 0 Å². The number of alkyl halides is 2.